The summed E-state index contributed by atoms with van der Waals surface area (Å²) in [6, 6.07) is 7.35. The molecule has 1 aromatic carbocycles. The van der Waals surface area contributed by atoms with Crippen molar-refractivity contribution in [1.82, 2.24) is 0 Å². The van der Waals surface area contributed by atoms with Crippen LogP contribution in [0.15, 0.2) is 18.2 Å². The van der Waals surface area contributed by atoms with E-state index >= 15 is 0 Å². The van der Waals surface area contributed by atoms with Crippen LogP contribution in [0.3, 0.4) is 0 Å². The van der Waals surface area contributed by atoms with Crippen molar-refractivity contribution in [2.75, 3.05) is 12.9 Å². The van der Waals surface area contributed by atoms with Crippen molar-refractivity contribution >= 4 is 12.6 Å². The Bertz CT molecular complexity index is 437. The maximum absolute atomic E-state index is 8.78. The molecule has 0 bridgehead atoms. The molecule has 0 aromatic heterocycles. The van der Waals surface area contributed by atoms with Crippen LogP contribution in [0.25, 0.3) is 0 Å². The predicted molar refractivity (Wildman–Crippen MR) is 63.1 cm³/mol. The van der Waals surface area contributed by atoms with Gasteiger partial charge < -0.3 is 4.74 Å². The van der Waals surface area contributed by atoms with E-state index in [0.29, 0.717) is 11.3 Å². The van der Waals surface area contributed by atoms with E-state index in [0.717, 1.165) is 17.7 Å². The minimum Gasteiger partial charge on any atom is -0.495 e. The zero-order valence-electron chi connectivity index (χ0n) is 8.45. The van der Waals surface area contributed by atoms with Crippen molar-refractivity contribution < 1.29 is 4.74 Å². The first-order valence-corrected chi connectivity index (χ1v) is 5.13. The van der Waals surface area contributed by atoms with Crippen LogP contribution in [-0.4, -0.2) is 12.9 Å². The molecule has 2 nitrogen and oxygen atoms in total. The molecular weight excluding hydrogens is 206 g/mol. The van der Waals surface area contributed by atoms with Gasteiger partial charge in [-0.1, -0.05) is 11.8 Å². The molecule has 0 unspecified atom stereocenters. The van der Waals surface area contributed by atoms with Gasteiger partial charge in [0.1, 0.15) is 11.8 Å². The predicted octanol–water partition coefficient (Wildman–Crippen LogP) is 2.24. The fraction of sp³-hybridized carbons (Fsp3) is 0.250. The van der Waals surface area contributed by atoms with Crippen LogP contribution in [0, 0.1) is 23.2 Å². The van der Waals surface area contributed by atoms with E-state index in [1.807, 2.05) is 6.07 Å². The molecule has 76 valence electrons. The Morgan fingerprint density at radius 1 is 1.47 bits per heavy atom. The maximum atomic E-state index is 8.78. The third-order valence-corrected chi connectivity index (χ3v) is 2.02. The van der Waals surface area contributed by atoms with Crippen LogP contribution < -0.4 is 4.74 Å². The molecule has 3 heteroatoms. The largest absolute Gasteiger partial charge is 0.495 e. The third-order valence-electron chi connectivity index (χ3n) is 1.79. The minimum atomic E-state index is 0.525. The molecule has 0 saturated heterocycles. The lowest BCUT2D eigenvalue weighted by Crippen LogP contribution is -1.88. The highest BCUT2D eigenvalue weighted by Gasteiger charge is 2.01. The summed E-state index contributed by atoms with van der Waals surface area (Å²) in [5.41, 5.74) is 1.38. The topological polar surface area (TPSA) is 33.0 Å². The maximum Gasteiger partial charge on any atom is 0.137 e. The molecule has 0 aliphatic heterocycles. The van der Waals surface area contributed by atoms with Gasteiger partial charge in [0.2, 0.25) is 0 Å². The van der Waals surface area contributed by atoms with E-state index in [9.17, 15) is 0 Å². The van der Waals surface area contributed by atoms with Gasteiger partial charge in [-0.25, -0.2) is 0 Å². The summed E-state index contributed by atoms with van der Waals surface area (Å²) in [5, 5.41) is 8.78. The lowest BCUT2D eigenvalue weighted by molar-refractivity contribution is 0.413. The van der Waals surface area contributed by atoms with Crippen LogP contribution in [-0.2, 0) is 0 Å². The minimum absolute atomic E-state index is 0.525. The van der Waals surface area contributed by atoms with Crippen molar-refractivity contribution in [3.63, 3.8) is 0 Å². The lowest BCUT2D eigenvalue weighted by atomic mass is 10.1. The van der Waals surface area contributed by atoms with Crippen molar-refractivity contribution in [1.29, 1.82) is 5.26 Å². The summed E-state index contributed by atoms with van der Waals surface area (Å²) < 4.78 is 5.08. The van der Waals surface area contributed by atoms with Crippen molar-refractivity contribution in [3.8, 4) is 23.7 Å². The smallest absolute Gasteiger partial charge is 0.137 e. The summed E-state index contributed by atoms with van der Waals surface area (Å²) >= 11 is 4.07. The Hall–Kier alpha value is -1.58. The van der Waals surface area contributed by atoms with Gasteiger partial charge >= 0.3 is 0 Å². The van der Waals surface area contributed by atoms with Crippen LogP contribution in [0.4, 0.5) is 0 Å². The van der Waals surface area contributed by atoms with Gasteiger partial charge in [-0.2, -0.15) is 17.9 Å². The van der Waals surface area contributed by atoms with Gasteiger partial charge in [0, 0.05) is 17.7 Å². The summed E-state index contributed by atoms with van der Waals surface area (Å²) in [7, 11) is 1.54. The second-order valence-electron chi connectivity index (χ2n) is 2.80. The first-order chi connectivity index (χ1) is 7.31. The van der Waals surface area contributed by atoms with E-state index in [4.69, 9.17) is 10.00 Å². The van der Waals surface area contributed by atoms with Crippen molar-refractivity contribution in [2.45, 2.75) is 6.42 Å². The molecule has 0 saturated carbocycles. The van der Waals surface area contributed by atoms with Crippen LogP contribution in [0.5, 0.6) is 5.75 Å². The summed E-state index contributed by atoms with van der Waals surface area (Å²) in [4.78, 5) is 0. The Morgan fingerprint density at radius 2 is 2.27 bits per heavy atom. The van der Waals surface area contributed by atoms with Gasteiger partial charge in [-0.3, -0.25) is 0 Å². The molecule has 0 radical (unpaired) electrons. The van der Waals surface area contributed by atoms with Crippen LogP contribution in [0.2, 0.25) is 0 Å². The summed E-state index contributed by atoms with van der Waals surface area (Å²) in [6.07, 6.45) is 0.755. The number of methoxy groups -OCH3 is 1. The third kappa shape index (κ3) is 3.23. The molecule has 15 heavy (non-hydrogen) atoms. The molecule has 0 fully saturated rings. The first kappa shape index (κ1) is 11.5. The van der Waals surface area contributed by atoms with Gasteiger partial charge in [0.15, 0.2) is 0 Å². The van der Waals surface area contributed by atoms with Gasteiger partial charge in [0.25, 0.3) is 0 Å². The number of ether oxygens (including phenoxy) is 1. The quantitative estimate of drug-likeness (QED) is 0.608. The fourth-order valence-electron chi connectivity index (χ4n) is 1.08. The first-order valence-electron chi connectivity index (χ1n) is 4.49. The Morgan fingerprint density at radius 3 is 2.87 bits per heavy atom. The van der Waals surface area contributed by atoms with E-state index in [-0.39, 0.29) is 0 Å². The van der Waals surface area contributed by atoms with Crippen LogP contribution in [0.1, 0.15) is 17.5 Å². The zero-order chi connectivity index (χ0) is 11.1. The number of hydrogen-bond donors (Lipinski definition) is 1. The second kappa shape index (κ2) is 6.01. The number of nitrogens with zero attached hydrogens (tertiary/aromatic N) is 1. The summed E-state index contributed by atoms with van der Waals surface area (Å²) in [5.74, 6) is 7.27. The number of thiol groups is 1. The Kier molecular flexibility index (Phi) is 4.60. The molecule has 0 amide bonds. The van der Waals surface area contributed by atoms with E-state index < -0.39 is 0 Å². The molecule has 0 N–H and O–H groups in total. The van der Waals surface area contributed by atoms with E-state index in [2.05, 4.69) is 30.5 Å². The molecule has 1 rings (SSSR count). The number of benzene rings is 1. The number of hydrogen-bond acceptors (Lipinski definition) is 3. The highest BCUT2D eigenvalue weighted by Crippen LogP contribution is 2.18. The average Bonchev–Trinajstić information content (AvgIpc) is 2.29. The molecular formula is C12H11NOS. The Balaban J connectivity index is 2.96. The second-order valence-corrected chi connectivity index (χ2v) is 3.25. The summed E-state index contributed by atoms with van der Waals surface area (Å²) in [6.45, 7) is 0. The standard InChI is InChI=1S/C12H11NOS/c1-14-12-8-10(4-2-3-7-15)5-6-11(12)9-13/h5-6,8,15H,3,7H2,1H3. The molecule has 0 aliphatic carbocycles. The van der Waals surface area contributed by atoms with Gasteiger partial charge in [-0.05, 0) is 18.2 Å². The van der Waals surface area contributed by atoms with Crippen molar-refractivity contribution in [2.24, 2.45) is 0 Å². The number of rotatable bonds is 2. The molecule has 0 heterocycles. The molecule has 0 aliphatic rings. The molecule has 0 spiro atoms. The molecule has 0 atom stereocenters. The Labute approximate surface area is 95.3 Å². The normalized spacial score (nSPS) is 8.60. The van der Waals surface area contributed by atoms with E-state index in [1.54, 1.807) is 19.2 Å². The highest BCUT2D eigenvalue weighted by molar-refractivity contribution is 7.80. The highest BCUT2D eigenvalue weighted by atomic mass is 32.1. The van der Waals surface area contributed by atoms with Gasteiger partial charge in [-0.15, -0.1) is 0 Å². The lowest BCUT2D eigenvalue weighted by Gasteiger charge is -2.01. The van der Waals surface area contributed by atoms with E-state index in [1.165, 1.54) is 0 Å². The fourth-order valence-corrected chi connectivity index (χ4v) is 1.19. The SMILES string of the molecule is COc1cc(C#CCCS)ccc1C#N. The van der Waals surface area contributed by atoms with Crippen molar-refractivity contribution in [3.05, 3.63) is 29.3 Å². The monoisotopic (exact) mass is 217 g/mol. The average molecular weight is 217 g/mol. The van der Waals surface area contributed by atoms with Crippen LogP contribution >= 0.6 is 12.6 Å². The number of nitriles is 1. The van der Waals surface area contributed by atoms with Gasteiger partial charge in [0.05, 0.1) is 12.7 Å². The molecule has 1 aromatic rings. The zero-order valence-corrected chi connectivity index (χ0v) is 9.34.